The standard InChI is InChI=1S/C14H15F3N2O/c1-9-13(10(2)19-7-6-18-9)20-12-5-3-4-11(8-12)14(15,16)17/h3-5,8,18H,6-7H2,1-2H3/p+1. The number of halogens is 3. The van der Waals surface area contributed by atoms with Crippen LogP contribution in [0.3, 0.4) is 0 Å². The predicted octanol–water partition coefficient (Wildman–Crippen LogP) is 1.46. The molecule has 0 bridgehead atoms. The SMILES string of the molecule is CC1=[NH+]CCNC(C)=C1Oc1cccc(C(F)(F)F)c1. The highest BCUT2D eigenvalue weighted by Gasteiger charge is 2.31. The second-order valence-corrected chi connectivity index (χ2v) is 4.56. The molecule has 2 N–H and O–H groups in total. The Bertz CT molecular complexity index is 562. The van der Waals surface area contributed by atoms with Crippen LogP contribution in [0, 0.1) is 0 Å². The van der Waals surface area contributed by atoms with E-state index < -0.39 is 11.7 Å². The summed E-state index contributed by atoms with van der Waals surface area (Å²) in [5.41, 5.74) is 0.871. The molecular formula is C14H16F3N2O+. The number of alkyl halides is 3. The van der Waals surface area contributed by atoms with E-state index in [1.165, 1.54) is 12.1 Å². The van der Waals surface area contributed by atoms with Crippen molar-refractivity contribution in [2.75, 3.05) is 13.1 Å². The number of ether oxygens (including phenoxy) is 1. The average Bonchev–Trinajstić information content (AvgIpc) is 2.53. The van der Waals surface area contributed by atoms with E-state index in [4.69, 9.17) is 4.74 Å². The molecule has 20 heavy (non-hydrogen) atoms. The number of hydrogen-bond acceptors (Lipinski definition) is 2. The molecular weight excluding hydrogens is 269 g/mol. The van der Waals surface area contributed by atoms with Crippen LogP contribution in [0.15, 0.2) is 35.7 Å². The van der Waals surface area contributed by atoms with Crippen molar-refractivity contribution in [1.29, 1.82) is 0 Å². The van der Waals surface area contributed by atoms with Crippen LogP contribution in [-0.4, -0.2) is 18.8 Å². The summed E-state index contributed by atoms with van der Waals surface area (Å²) in [5, 5.41) is 3.14. The smallest absolute Gasteiger partial charge is 0.416 e. The molecule has 0 radical (unpaired) electrons. The summed E-state index contributed by atoms with van der Waals surface area (Å²) in [5.74, 6) is 0.695. The van der Waals surface area contributed by atoms with Crippen molar-refractivity contribution in [1.82, 2.24) is 5.32 Å². The van der Waals surface area contributed by atoms with Crippen LogP contribution in [0.4, 0.5) is 13.2 Å². The van der Waals surface area contributed by atoms with Gasteiger partial charge in [0.05, 0.1) is 17.8 Å². The fourth-order valence-corrected chi connectivity index (χ4v) is 1.95. The Morgan fingerprint density at radius 2 is 2.00 bits per heavy atom. The fraction of sp³-hybridized carbons (Fsp3) is 0.357. The predicted molar refractivity (Wildman–Crippen MR) is 69.3 cm³/mol. The highest BCUT2D eigenvalue weighted by atomic mass is 19.4. The topological polar surface area (TPSA) is 35.2 Å². The molecule has 1 heterocycles. The molecule has 6 heteroatoms. The van der Waals surface area contributed by atoms with Crippen molar-refractivity contribution in [3.05, 3.63) is 41.3 Å². The van der Waals surface area contributed by atoms with E-state index in [-0.39, 0.29) is 5.75 Å². The van der Waals surface area contributed by atoms with Crippen molar-refractivity contribution >= 4 is 5.71 Å². The number of nitrogens with one attached hydrogen (secondary N) is 2. The van der Waals surface area contributed by atoms with Crippen LogP contribution in [0.25, 0.3) is 0 Å². The lowest BCUT2D eigenvalue weighted by molar-refractivity contribution is -0.454. The van der Waals surface area contributed by atoms with Crippen LogP contribution in [0.5, 0.6) is 5.75 Å². The van der Waals surface area contributed by atoms with Gasteiger partial charge in [-0.2, -0.15) is 13.2 Å². The number of benzene rings is 1. The number of rotatable bonds is 2. The molecule has 108 valence electrons. The van der Waals surface area contributed by atoms with Crippen molar-refractivity contribution in [3.63, 3.8) is 0 Å². The lowest BCUT2D eigenvalue weighted by Gasteiger charge is -2.12. The van der Waals surface area contributed by atoms with Crippen molar-refractivity contribution < 1.29 is 22.9 Å². The third-order valence-corrected chi connectivity index (χ3v) is 2.97. The first-order valence-electron chi connectivity index (χ1n) is 6.25. The highest BCUT2D eigenvalue weighted by Crippen LogP contribution is 2.31. The van der Waals surface area contributed by atoms with Gasteiger partial charge in [0.25, 0.3) is 0 Å². The van der Waals surface area contributed by atoms with E-state index in [0.717, 1.165) is 36.6 Å². The van der Waals surface area contributed by atoms with E-state index in [1.807, 2.05) is 13.8 Å². The Morgan fingerprint density at radius 1 is 1.25 bits per heavy atom. The highest BCUT2D eigenvalue weighted by molar-refractivity contribution is 5.92. The molecule has 1 aromatic carbocycles. The maximum absolute atomic E-state index is 12.7. The first-order chi connectivity index (χ1) is 9.38. The minimum absolute atomic E-state index is 0.166. The number of hydrogen-bond donors (Lipinski definition) is 2. The molecule has 0 atom stereocenters. The maximum Gasteiger partial charge on any atom is 0.416 e. The van der Waals surface area contributed by atoms with Crippen LogP contribution >= 0.6 is 0 Å². The van der Waals surface area contributed by atoms with Gasteiger partial charge >= 0.3 is 6.18 Å². The molecule has 0 amide bonds. The zero-order valence-electron chi connectivity index (χ0n) is 11.3. The van der Waals surface area contributed by atoms with Crippen LogP contribution in [0.1, 0.15) is 19.4 Å². The molecule has 1 aromatic rings. The second kappa shape index (κ2) is 5.56. The summed E-state index contributed by atoms with van der Waals surface area (Å²) >= 11 is 0. The van der Waals surface area contributed by atoms with Crippen molar-refractivity contribution in [2.24, 2.45) is 0 Å². The zero-order chi connectivity index (χ0) is 14.8. The fourth-order valence-electron chi connectivity index (χ4n) is 1.95. The molecule has 0 spiro atoms. The summed E-state index contributed by atoms with van der Waals surface area (Å²) in [7, 11) is 0. The first kappa shape index (κ1) is 14.4. The van der Waals surface area contributed by atoms with E-state index in [9.17, 15) is 13.2 Å². The van der Waals surface area contributed by atoms with Crippen LogP contribution < -0.4 is 15.0 Å². The van der Waals surface area contributed by atoms with Crippen molar-refractivity contribution in [3.8, 4) is 5.75 Å². The summed E-state index contributed by atoms with van der Waals surface area (Å²) in [6.45, 7) is 5.14. The molecule has 1 aliphatic rings. The molecule has 0 saturated carbocycles. The molecule has 0 fully saturated rings. The van der Waals surface area contributed by atoms with Gasteiger partial charge in [-0.25, -0.2) is 4.99 Å². The lowest BCUT2D eigenvalue weighted by atomic mass is 10.2. The Hall–Kier alpha value is -1.98. The Balaban J connectivity index is 2.30. The third-order valence-electron chi connectivity index (χ3n) is 2.97. The van der Waals surface area contributed by atoms with Crippen LogP contribution in [0.2, 0.25) is 0 Å². The quantitative estimate of drug-likeness (QED) is 0.863. The molecule has 1 aliphatic heterocycles. The zero-order valence-corrected chi connectivity index (χ0v) is 11.3. The van der Waals surface area contributed by atoms with Gasteiger partial charge in [0.2, 0.25) is 11.5 Å². The van der Waals surface area contributed by atoms with Gasteiger partial charge in [-0.15, -0.1) is 0 Å². The lowest BCUT2D eigenvalue weighted by Crippen LogP contribution is -2.74. The maximum atomic E-state index is 12.7. The summed E-state index contributed by atoms with van der Waals surface area (Å²) in [4.78, 5) is 3.14. The minimum Gasteiger partial charge on any atom is -0.449 e. The second-order valence-electron chi connectivity index (χ2n) is 4.56. The minimum atomic E-state index is -4.37. The molecule has 2 rings (SSSR count). The summed E-state index contributed by atoms with van der Waals surface area (Å²) in [6, 6.07) is 4.86. The summed E-state index contributed by atoms with van der Waals surface area (Å²) in [6.07, 6.45) is -4.37. The average molecular weight is 285 g/mol. The van der Waals surface area contributed by atoms with Gasteiger partial charge in [-0.3, -0.25) is 0 Å². The van der Waals surface area contributed by atoms with Crippen LogP contribution in [-0.2, 0) is 6.18 Å². The Labute approximate surface area is 115 Å². The number of allylic oxidation sites excluding steroid dienone is 2. The van der Waals surface area contributed by atoms with E-state index >= 15 is 0 Å². The molecule has 0 saturated heterocycles. The Kier molecular flexibility index (Phi) is 4.01. The Morgan fingerprint density at radius 3 is 2.70 bits per heavy atom. The first-order valence-corrected chi connectivity index (χ1v) is 6.25. The van der Waals surface area contributed by atoms with E-state index in [2.05, 4.69) is 10.3 Å². The van der Waals surface area contributed by atoms with E-state index in [1.54, 1.807) is 0 Å². The normalized spacial score (nSPS) is 16.4. The summed E-state index contributed by atoms with van der Waals surface area (Å²) < 4.78 is 43.6. The van der Waals surface area contributed by atoms with E-state index in [0.29, 0.717) is 5.76 Å². The molecule has 0 unspecified atom stereocenters. The van der Waals surface area contributed by atoms with Gasteiger partial charge < -0.3 is 10.1 Å². The van der Waals surface area contributed by atoms with Crippen molar-refractivity contribution in [2.45, 2.75) is 20.0 Å². The van der Waals surface area contributed by atoms with Gasteiger partial charge in [-0.05, 0) is 25.1 Å². The van der Waals surface area contributed by atoms with Gasteiger partial charge in [0.1, 0.15) is 5.75 Å². The molecule has 0 aliphatic carbocycles. The van der Waals surface area contributed by atoms with Gasteiger partial charge in [0, 0.05) is 6.92 Å². The third kappa shape index (κ3) is 3.31. The molecule has 0 aromatic heterocycles. The largest absolute Gasteiger partial charge is 0.449 e. The molecule has 3 nitrogen and oxygen atoms in total. The van der Waals surface area contributed by atoms with Gasteiger partial charge in [0.15, 0.2) is 6.54 Å². The monoisotopic (exact) mass is 285 g/mol. The van der Waals surface area contributed by atoms with Gasteiger partial charge in [-0.1, -0.05) is 6.07 Å².